The van der Waals surface area contributed by atoms with Gasteiger partial charge in [0.25, 0.3) is 0 Å². The van der Waals surface area contributed by atoms with E-state index in [4.69, 9.17) is 4.74 Å². The highest BCUT2D eigenvalue weighted by atomic mass is 32.1. The van der Waals surface area contributed by atoms with Crippen LogP contribution in [0.15, 0.2) is 41.8 Å². The van der Waals surface area contributed by atoms with E-state index in [2.05, 4.69) is 9.72 Å². The molecule has 142 valence electrons. The van der Waals surface area contributed by atoms with Gasteiger partial charge in [-0.1, -0.05) is 12.1 Å². The van der Waals surface area contributed by atoms with Crippen molar-refractivity contribution < 1.29 is 28.2 Å². The first-order chi connectivity index (χ1) is 12.9. The highest BCUT2D eigenvalue weighted by Gasteiger charge is 2.21. The van der Waals surface area contributed by atoms with E-state index in [9.17, 15) is 18.8 Å². The van der Waals surface area contributed by atoms with Gasteiger partial charge >= 0.3 is 11.9 Å². The Morgan fingerprint density at radius 2 is 1.85 bits per heavy atom. The molecule has 0 atom stereocenters. The van der Waals surface area contributed by atoms with Gasteiger partial charge in [0.05, 0.1) is 18.0 Å². The Balaban J connectivity index is 2.05. The number of nitrogens with zero attached hydrogens (tertiary/aromatic N) is 2. The van der Waals surface area contributed by atoms with Crippen LogP contribution < -0.4 is 4.90 Å². The molecule has 0 radical (unpaired) electrons. The number of para-hydroxylation sites is 1. The third-order valence-corrected chi connectivity index (χ3v) is 4.02. The molecule has 0 bridgehead atoms. The molecule has 7 nitrogen and oxygen atoms in total. The molecule has 2 rings (SSSR count). The third kappa shape index (κ3) is 5.71. The van der Waals surface area contributed by atoms with Crippen molar-refractivity contribution in [3.63, 3.8) is 0 Å². The molecule has 0 aliphatic carbocycles. The zero-order valence-corrected chi connectivity index (χ0v) is 15.5. The topological polar surface area (TPSA) is 85.8 Å². The van der Waals surface area contributed by atoms with E-state index in [0.29, 0.717) is 5.69 Å². The van der Waals surface area contributed by atoms with Crippen molar-refractivity contribution in [3.8, 4) is 0 Å². The van der Waals surface area contributed by atoms with Crippen LogP contribution in [0, 0.1) is 5.82 Å². The van der Waals surface area contributed by atoms with Crippen LogP contribution in [-0.4, -0.2) is 29.4 Å². The number of benzene rings is 1. The maximum Gasteiger partial charge on any atom is 0.331 e. The van der Waals surface area contributed by atoms with Crippen molar-refractivity contribution in [1.82, 2.24) is 4.98 Å². The lowest BCUT2D eigenvalue weighted by atomic mass is 10.3. The lowest BCUT2D eigenvalue weighted by molar-refractivity contribution is -0.141. The largest absolute Gasteiger partial charge is 0.463 e. The van der Waals surface area contributed by atoms with E-state index in [0.717, 1.165) is 28.4 Å². The molecule has 27 heavy (non-hydrogen) atoms. The van der Waals surface area contributed by atoms with E-state index >= 15 is 0 Å². The summed E-state index contributed by atoms with van der Waals surface area (Å²) in [6.45, 7) is 2.99. The minimum Gasteiger partial charge on any atom is -0.463 e. The number of hydrogen-bond donors (Lipinski definition) is 0. The minimum absolute atomic E-state index is 0.0836. The number of thiazole rings is 1. The summed E-state index contributed by atoms with van der Waals surface area (Å²) in [5.41, 5.74) is 0.468. The maximum absolute atomic E-state index is 14.0. The van der Waals surface area contributed by atoms with Crippen LogP contribution in [0.25, 0.3) is 0 Å². The van der Waals surface area contributed by atoms with Crippen LogP contribution in [0.2, 0.25) is 0 Å². The van der Waals surface area contributed by atoms with E-state index in [1.54, 1.807) is 18.4 Å². The van der Waals surface area contributed by atoms with Gasteiger partial charge in [-0.15, -0.1) is 11.3 Å². The number of carbonyl (C=O) groups excluding carboxylic acids is 3. The Hall–Kier alpha value is -3.07. The summed E-state index contributed by atoms with van der Waals surface area (Å²) in [4.78, 5) is 40.0. The van der Waals surface area contributed by atoms with Gasteiger partial charge in [-0.25, -0.2) is 19.0 Å². The molecular weight excluding hydrogens is 375 g/mol. The molecule has 1 heterocycles. The molecule has 0 aliphatic heterocycles. The zero-order chi connectivity index (χ0) is 19.8. The summed E-state index contributed by atoms with van der Waals surface area (Å²) < 4.78 is 23.6. The van der Waals surface area contributed by atoms with Gasteiger partial charge in [-0.2, -0.15) is 0 Å². The quantitative estimate of drug-likeness (QED) is 0.532. The predicted molar refractivity (Wildman–Crippen MR) is 96.9 cm³/mol. The summed E-state index contributed by atoms with van der Waals surface area (Å²) in [5.74, 6) is -2.35. The highest BCUT2D eigenvalue weighted by molar-refractivity contribution is 7.14. The second-order valence-electron chi connectivity index (χ2n) is 5.12. The lowest BCUT2D eigenvalue weighted by Crippen LogP contribution is -2.23. The molecule has 1 amide bonds. The van der Waals surface area contributed by atoms with Gasteiger partial charge in [0.2, 0.25) is 5.91 Å². The summed E-state index contributed by atoms with van der Waals surface area (Å²) in [6.07, 6.45) is 1.92. The Labute approximate surface area is 159 Å². The average molecular weight is 392 g/mol. The summed E-state index contributed by atoms with van der Waals surface area (Å²) in [6, 6.07) is 5.85. The fraction of sp³-hybridized carbons (Fsp3) is 0.222. The fourth-order valence-corrected chi connectivity index (χ4v) is 2.89. The standard InChI is InChI=1S/C18H17FN2O5S/c1-3-25-16(23)8-9-17(24)26-10-13-11-27-18(20-13)21(12(2)22)15-7-5-4-6-14(15)19/h4-9,11H,3,10H2,1-2H3/b9-8+. The van der Waals surface area contributed by atoms with Crippen molar-refractivity contribution in [2.24, 2.45) is 0 Å². The third-order valence-electron chi connectivity index (χ3n) is 3.14. The monoisotopic (exact) mass is 392 g/mol. The molecule has 0 saturated carbocycles. The highest BCUT2D eigenvalue weighted by Crippen LogP contribution is 2.30. The number of aromatic nitrogens is 1. The van der Waals surface area contributed by atoms with Crippen molar-refractivity contribution in [2.75, 3.05) is 11.5 Å². The van der Waals surface area contributed by atoms with Gasteiger partial charge in [-0.3, -0.25) is 9.69 Å². The van der Waals surface area contributed by atoms with Crippen molar-refractivity contribution in [2.45, 2.75) is 20.5 Å². The van der Waals surface area contributed by atoms with Crippen molar-refractivity contribution in [3.05, 3.63) is 53.3 Å². The fourth-order valence-electron chi connectivity index (χ4n) is 2.03. The molecule has 0 fully saturated rings. The second-order valence-corrected chi connectivity index (χ2v) is 5.96. The van der Waals surface area contributed by atoms with Crippen LogP contribution >= 0.6 is 11.3 Å². The van der Waals surface area contributed by atoms with Gasteiger partial charge in [0.1, 0.15) is 12.4 Å². The summed E-state index contributed by atoms with van der Waals surface area (Å²) >= 11 is 1.11. The molecule has 0 saturated heterocycles. The SMILES string of the molecule is CCOC(=O)/C=C/C(=O)OCc1csc(N(C(C)=O)c2ccccc2F)n1. The van der Waals surface area contributed by atoms with Crippen LogP contribution in [0.1, 0.15) is 19.5 Å². The molecule has 1 aromatic carbocycles. The average Bonchev–Trinajstić information content (AvgIpc) is 3.08. The number of amides is 1. The van der Waals surface area contributed by atoms with Crippen LogP contribution in [0.4, 0.5) is 15.2 Å². The molecule has 0 aliphatic rings. The number of carbonyl (C=O) groups is 3. The van der Waals surface area contributed by atoms with Crippen molar-refractivity contribution in [1.29, 1.82) is 0 Å². The first-order valence-corrected chi connectivity index (χ1v) is 8.81. The smallest absolute Gasteiger partial charge is 0.331 e. The van der Waals surface area contributed by atoms with Crippen LogP contribution in [0.3, 0.4) is 0 Å². The van der Waals surface area contributed by atoms with Gasteiger partial charge in [0.15, 0.2) is 5.13 Å². The number of ether oxygens (including phenoxy) is 2. The Kier molecular flexibility index (Phi) is 7.18. The first kappa shape index (κ1) is 20.2. The van der Waals surface area contributed by atoms with Crippen LogP contribution in [0.5, 0.6) is 0 Å². The van der Waals surface area contributed by atoms with E-state index in [-0.39, 0.29) is 24.0 Å². The molecular formula is C18H17FN2O5S. The Bertz CT molecular complexity index is 865. The van der Waals surface area contributed by atoms with Crippen molar-refractivity contribution >= 4 is 40.0 Å². The zero-order valence-electron chi connectivity index (χ0n) is 14.7. The number of anilines is 2. The lowest BCUT2D eigenvalue weighted by Gasteiger charge is -2.18. The Morgan fingerprint density at radius 1 is 1.19 bits per heavy atom. The minimum atomic E-state index is -0.741. The molecule has 0 N–H and O–H groups in total. The molecule has 2 aromatic rings. The number of halogens is 1. The number of hydrogen-bond acceptors (Lipinski definition) is 7. The maximum atomic E-state index is 14.0. The number of esters is 2. The van der Waals surface area contributed by atoms with E-state index in [1.807, 2.05) is 0 Å². The predicted octanol–water partition coefficient (Wildman–Crippen LogP) is 3.13. The summed E-state index contributed by atoms with van der Waals surface area (Å²) in [7, 11) is 0. The van der Waals surface area contributed by atoms with Gasteiger partial charge in [-0.05, 0) is 19.1 Å². The second kappa shape index (κ2) is 9.58. The molecule has 0 spiro atoms. The molecule has 1 aromatic heterocycles. The number of rotatable bonds is 7. The van der Waals surface area contributed by atoms with E-state index in [1.165, 1.54) is 25.1 Å². The normalized spacial score (nSPS) is 10.6. The molecule has 0 unspecified atom stereocenters. The van der Waals surface area contributed by atoms with Gasteiger partial charge < -0.3 is 9.47 Å². The van der Waals surface area contributed by atoms with Gasteiger partial charge in [0, 0.05) is 24.5 Å². The molecule has 9 heteroatoms. The first-order valence-electron chi connectivity index (χ1n) is 7.93. The van der Waals surface area contributed by atoms with Crippen LogP contribution in [-0.2, 0) is 30.5 Å². The summed E-state index contributed by atoms with van der Waals surface area (Å²) in [5, 5.41) is 1.84. The van der Waals surface area contributed by atoms with E-state index < -0.39 is 23.7 Å². The Morgan fingerprint density at radius 3 is 2.48 bits per heavy atom.